The molecule has 0 amide bonds. The summed E-state index contributed by atoms with van der Waals surface area (Å²) in [5.41, 5.74) is 5.78. The lowest BCUT2D eigenvalue weighted by Crippen LogP contribution is -2.41. The van der Waals surface area contributed by atoms with Gasteiger partial charge in [0, 0.05) is 36.8 Å². The molecule has 0 spiro atoms. The van der Waals surface area contributed by atoms with Crippen molar-refractivity contribution in [1.29, 1.82) is 0 Å². The van der Waals surface area contributed by atoms with Crippen molar-refractivity contribution in [3.63, 3.8) is 0 Å². The number of ether oxygens (including phenoxy) is 1. The predicted octanol–water partition coefficient (Wildman–Crippen LogP) is 3.29. The lowest BCUT2D eigenvalue weighted by Gasteiger charge is -2.37. The quantitative estimate of drug-likeness (QED) is 0.907. The van der Waals surface area contributed by atoms with Gasteiger partial charge >= 0.3 is 0 Å². The molecule has 0 radical (unpaired) electrons. The van der Waals surface area contributed by atoms with E-state index in [4.69, 9.17) is 10.5 Å². The maximum absolute atomic E-state index is 5.86. The van der Waals surface area contributed by atoms with E-state index in [-0.39, 0.29) is 0 Å². The maximum Gasteiger partial charge on any atom is 0.180 e. The number of hydrogen-bond donors (Lipinski definition) is 1. The van der Waals surface area contributed by atoms with Gasteiger partial charge in [0.1, 0.15) is 0 Å². The standard InChI is InChI=1S/C16H27N3OS/c1-12-4-6-13(7-5-12)19(10-14-3-2-8-20-14)11-15-9-18-16(17)21-15/h9,12-14H,2-8,10-11H2,1H3,(H2,17,18). The number of nitrogens with two attached hydrogens (primary N) is 1. The Balaban J connectivity index is 1.64. The Morgan fingerprint density at radius 2 is 2.14 bits per heavy atom. The molecule has 21 heavy (non-hydrogen) atoms. The summed E-state index contributed by atoms with van der Waals surface area (Å²) in [7, 11) is 0. The van der Waals surface area contributed by atoms with E-state index in [2.05, 4.69) is 16.8 Å². The van der Waals surface area contributed by atoms with Gasteiger partial charge < -0.3 is 10.5 Å². The van der Waals surface area contributed by atoms with E-state index in [9.17, 15) is 0 Å². The molecule has 3 rings (SSSR count). The minimum atomic E-state index is 0.426. The Labute approximate surface area is 131 Å². The third kappa shape index (κ3) is 4.18. The summed E-state index contributed by atoms with van der Waals surface area (Å²) < 4.78 is 5.86. The monoisotopic (exact) mass is 309 g/mol. The summed E-state index contributed by atoms with van der Waals surface area (Å²) in [6, 6.07) is 0.703. The molecular weight excluding hydrogens is 282 g/mol. The number of nitrogens with zero attached hydrogens (tertiary/aromatic N) is 2. The van der Waals surface area contributed by atoms with Gasteiger partial charge in [-0.1, -0.05) is 6.92 Å². The molecule has 1 aliphatic heterocycles. The van der Waals surface area contributed by atoms with Crippen LogP contribution in [0.2, 0.25) is 0 Å². The molecule has 2 aliphatic rings. The van der Waals surface area contributed by atoms with Crippen LogP contribution in [0.1, 0.15) is 50.3 Å². The van der Waals surface area contributed by atoms with Crippen LogP contribution in [-0.2, 0) is 11.3 Å². The molecular formula is C16H27N3OS. The van der Waals surface area contributed by atoms with Gasteiger partial charge in [-0.25, -0.2) is 4.98 Å². The molecule has 1 unspecified atom stereocenters. The fourth-order valence-corrected chi connectivity index (χ4v) is 4.31. The van der Waals surface area contributed by atoms with Gasteiger partial charge in [0.05, 0.1) is 6.10 Å². The molecule has 1 atom stereocenters. The fraction of sp³-hybridized carbons (Fsp3) is 0.812. The third-order valence-corrected chi connectivity index (χ3v) is 5.71. The van der Waals surface area contributed by atoms with E-state index in [0.29, 0.717) is 17.3 Å². The van der Waals surface area contributed by atoms with Crippen molar-refractivity contribution < 1.29 is 4.74 Å². The fourth-order valence-electron chi connectivity index (χ4n) is 3.60. The molecule has 1 saturated heterocycles. The van der Waals surface area contributed by atoms with Crippen LogP contribution in [0.4, 0.5) is 5.13 Å². The summed E-state index contributed by atoms with van der Waals surface area (Å²) in [6.45, 7) is 5.36. The number of hydrogen-bond acceptors (Lipinski definition) is 5. The third-order valence-electron chi connectivity index (χ3n) is 4.89. The summed E-state index contributed by atoms with van der Waals surface area (Å²) in [4.78, 5) is 8.11. The van der Waals surface area contributed by atoms with Crippen LogP contribution in [0.25, 0.3) is 0 Å². The molecule has 0 aromatic carbocycles. The van der Waals surface area contributed by atoms with Crippen molar-refractivity contribution in [2.24, 2.45) is 5.92 Å². The first kappa shape index (κ1) is 15.3. The second-order valence-electron chi connectivity index (χ2n) is 6.64. The molecule has 2 N–H and O–H groups in total. The highest BCUT2D eigenvalue weighted by molar-refractivity contribution is 7.15. The van der Waals surface area contributed by atoms with Crippen LogP contribution in [-0.4, -0.2) is 35.2 Å². The normalized spacial score (nSPS) is 30.1. The lowest BCUT2D eigenvalue weighted by molar-refractivity contribution is 0.0415. The highest BCUT2D eigenvalue weighted by atomic mass is 32.1. The largest absolute Gasteiger partial charge is 0.377 e. The van der Waals surface area contributed by atoms with Gasteiger partial charge in [0.15, 0.2) is 5.13 Å². The van der Waals surface area contributed by atoms with Crippen LogP contribution in [0.5, 0.6) is 0 Å². The molecule has 2 fully saturated rings. The summed E-state index contributed by atoms with van der Waals surface area (Å²) in [5.74, 6) is 0.893. The molecule has 4 nitrogen and oxygen atoms in total. The average molecular weight is 309 g/mol. The van der Waals surface area contributed by atoms with Gasteiger partial charge in [0.25, 0.3) is 0 Å². The first-order chi connectivity index (χ1) is 10.2. The zero-order valence-electron chi connectivity index (χ0n) is 13.0. The molecule has 1 aromatic heterocycles. The second kappa shape index (κ2) is 7.07. The topological polar surface area (TPSA) is 51.4 Å². The Hall–Kier alpha value is -0.650. The first-order valence-corrected chi connectivity index (χ1v) is 9.08. The number of anilines is 1. The SMILES string of the molecule is CC1CCC(N(Cc2cnc(N)s2)CC2CCCO2)CC1. The van der Waals surface area contributed by atoms with Crippen LogP contribution in [0, 0.1) is 5.92 Å². The predicted molar refractivity (Wildman–Crippen MR) is 87.3 cm³/mol. The smallest absolute Gasteiger partial charge is 0.180 e. The summed E-state index contributed by atoms with van der Waals surface area (Å²) in [6.07, 6.45) is 10.2. The van der Waals surface area contributed by atoms with E-state index in [1.165, 1.54) is 43.4 Å². The van der Waals surface area contributed by atoms with Crippen LogP contribution in [0.3, 0.4) is 0 Å². The number of rotatable bonds is 5. The Bertz CT molecular complexity index is 436. The molecule has 1 aliphatic carbocycles. The molecule has 1 aromatic rings. The van der Waals surface area contributed by atoms with Crippen LogP contribution < -0.4 is 5.73 Å². The number of thiazole rings is 1. The van der Waals surface area contributed by atoms with Crippen molar-refractivity contribution in [3.05, 3.63) is 11.1 Å². The zero-order chi connectivity index (χ0) is 14.7. The van der Waals surface area contributed by atoms with Crippen LogP contribution >= 0.6 is 11.3 Å². The van der Waals surface area contributed by atoms with Crippen molar-refractivity contribution in [2.45, 2.75) is 64.1 Å². The first-order valence-electron chi connectivity index (χ1n) is 8.26. The van der Waals surface area contributed by atoms with E-state index in [1.54, 1.807) is 11.3 Å². The zero-order valence-corrected chi connectivity index (χ0v) is 13.8. The van der Waals surface area contributed by atoms with Gasteiger partial charge in [-0.3, -0.25) is 4.90 Å². The van der Waals surface area contributed by atoms with E-state index >= 15 is 0 Å². The average Bonchev–Trinajstić information content (AvgIpc) is 3.11. The Morgan fingerprint density at radius 1 is 1.33 bits per heavy atom. The highest BCUT2D eigenvalue weighted by Gasteiger charge is 2.28. The van der Waals surface area contributed by atoms with Crippen LogP contribution in [0.15, 0.2) is 6.20 Å². The second-order valence-corrected chi connectivity index (χ2v) is 7.79. The number of aromatic nitrogens is 1. The van der Waals surface area contributed by atoms with E-state index < -0.39 is 0 Å². The molecule has 0 bridgehead atoms. The summed E-state index contributed by atoms with van der Waals surface area (Å²) >= 11 is 1.62. The van der Waals surface area contributed by atoms with Crippen molar-refractivity contribution >= 4 is 16.5 Å². The Morgan fingerprint density at radius 3 is 2.76 bits per heavy atom. The lowest BCUT2D eigenvalue weighted by atomic mass is 9.86. The molecule has 2 heterocycles. The highest BCUT2D eigenvalue weighted by Crippen LogP contribution is 2.30. The van der Waals surface area contributed by atoms with Gasteiger partial charge in [-0.05, 0) is 44.4 Å². The molecule has 118 valence electrons. The Kier molecular flexibility index (Phi) is 5.14. The van der Waals surface area contributed by atoms with Gasteiger partial charge in [-0.2, -0.15) is 0 Å². The summed E-state index contributed by atoms with van der Waals surface area (Å²) in [5, 5.41) is 0.680. The minimum Gasteiger partial charge on any atom is -0.377 e. The number of nitrogen functional groups attached to an aromatic ring is 1. The van der Waals surface area contributed by atoms with E-state index in [1.807, 2.05) is 6.20 Å². The molecule has 5 heteroatoms. The van der Waals surface area contributed by atoms with Crippen molar-refractivity contribution in [3.8, 4) is 0 Å². The minimum absolute atomic E-state index is 0.426. The maximum atomic E-state index is 5.86. The van der Waals surface area contributed by atoms with E-state index in [0.717, 1.165) is 25.6 Å². The molecule has 1 saturated carbocycles. The van der Waals surface area contributed by atoms with Crippen molar-refractivity contribution in [1.82, 2.24) is 9.88 Å². The van der Waals surface area contributed by atoms with Gasteiger partial charge in [-0.15, -0.1) is 11.3 Å². The van der Waals surface area contributed by atoms with Gasteiger partial charge in [0.2, 0.25) is 0 Å². The van der Waals surface area contributed by atoms with Crippen molar-refractivity contribution in [2.75, 3.05) is 18.9 Å².